The maximum absolute atomic E-state index is 10.2. The lowest BCUT2D eigenvalue weighted by molar-refractivity contribution is -0.179. The highest BCUT2D eigenvalue weighted by atomic mass is 16.6. The molecule has 0 aromatic heterocycles. The van der Waals surface area contributed by atoms with Gasteiger partial charge in [0.2, 0.25) is 5.79 Å². The van der Waals surface area contributed by atoms with E-state index in [-0.39, 0.29) is 6.42 Å². The van der Waals surface area contributed by atoms with Crippen LogP contribution in [0.25, 0.3) is 0 Å². The molecule has 4 heteroatoms. The Labute approximate surface area is 100 Å². The maximum Gasteiger partial charge on any atom is 0.210 e. The Balaban J connectivity index is 2.06. The van der Waals surface area contributed by atoms with E-state index in [0.717, 1.165) is 6.42 Å². The molecule has 2 unspecified atom stereocenters. The smallest absolute Gasteiger partial charge is 0.210 e. The zero-order valence-electron chi connectivity index (χ0n) is 9.47. The van der Waals surface area contributed by atoms with Crippen LogP contribution in [0.1, 0.15) is 31.2 Å². The van der Waals surface area contributed by atoms with Crippen LogP contribution >= 0.6 is 0 Å². The summed E-state index contributed by atoms with van der Waals surface area (Å²) < 4.78 is 5.50. The van der Waals surface area contributed by atoms with E-state index in [1.165, 1.54) is 0 Å². The molecule has 1 aromatic rings. The summed E-state index contributed by atoms with van der Waals surface area (Å²) in [7, 11) is 0. The van der Waals surface area contributed by atoms with Crippen molar-refractivity contribution >= 4 is 0 Å². The van der Waals surface area contributed by atoms with Gasteiger partial charge in [-0.25, -0.2) is 0 Å². The van der Waals surface area contributed by atoms with Crippen molar-refractivity contribution in [3.63, 3.8) is 0 Å². The van der Waals surface area contributed by atoms with Crippen LogP contribution in [0.15, 0.2) is 24.3 Å². The lowest BCUT2D eigenvalue weighted by Crippen LogP contribution is -2.42. The number of benzene rings is 1. The van der Waals surface area contributed by atoms with Gasteiger partial charge in [0.1, 0.15) is 5.75 Å². The third kappa shape index (κ3) is 2.96. The minimum Gasteiger partial charge on any atom is -0.462 e. The Morgan fingerprint density at radius 3 is 2.65 bits per heavy atom. The van der Waals surface area contributed by atoms with Gasteiger partial charge in [-0.05, 0) is 37.1 Å². The molecule has 0 amide bonds. The molecule has 4 nitrogen and oxygen atoms in total. The number of nitrogens with zero attached hydrogens (tertiary/aromatic N) is 1. The van der Waals surface area contributed by atoms with E-state index >= 15 is 0 Å². The van der Waals surface area contributed by atoms with Crippen LogP contribution in [0.5, 0.6) is 5.75 Å². The molecule has 1 saturated carbocycles. The maximum atomic E-state index is 10.2. The third-order valence-electron chi connectivity index (χ3n) is 2.95. The Morgan fingerprint density at radius 2 is 2.06 bits per heavy atom. The fraction of sp³-hybridized carbons (Fsp3) is 0.462. The van der Waals surface area contributed by atoms with Gasteiger partial charge >= 0.3 is 0 Å². The molecular weight excluding hydrogens is 218 g/mol. The highest BCUT2D eigenvalue weighted by molar-refractivity contribution is 5.34. The van der Waals surface area contributed by atoms with Gasteiger partial charge in [-0.1, -0.05) is 0 Å². The van der Waals surface area contributed by atoms with E-state index in [1.54, 1.807) is 24.3 Å². The number of aliphatic hydroxyl groups excluding tert-OH is 1. The molecule has 0 bridgehead atoms. The van der Waals surface area contributed by atoms with Crippen LogP contribution in [0, 0.1) is 11.3 Å². The lowest BCUT2D eigenvalue weighted by Gasteiger charge is -2.34. The fourth-order valence-electron chi connectivity index (χ4n) is 2.10. The summed E-state index contributed by atoms with van der Waals surface area (Å²) in [6.07, 6.45) is 1.69. The summed E-state index contributed by atoms with van der Waals surface area (Å²) in [4.78, 5) is 0. The number of aliphatic hydroxyl groups is 2. The van der Waals surface area contributed by atoms with Gasteiger partial charge in [-0.3, -0.25) is 0 Å². The predicted molar refractivity (Wildman–Crippen MR) is 61.2 cm³/mol. The van der Waals surface area contributed by atoms with E-state index in [9.17, 15) is 10.2 Å². The van der Waals surface area contributed by atoms with Gasteiger partial charge in [0.05, 0.1) is 17.7 Å². The molecule has 0 saturated heterocycles. The number of hydrogen-bond donors (Lipinski definition) is 2. The SMILES string of the molecule is N#Cc1ccc(OC2(O)CCCC(O)C2)cc1. The topological polar surface area (TPSA) is 73.5 Å². The molecule has 1 aromatic carbocycles. The molecule has 17 heavy (non-hydrogen) atoms. The number of rotatable bonds is 2. The minimum atomic E-state index is -1.29. The van der Waals surface area contributed by atoms with Crippen LogP contribution in [-0.2, 0) is 0 Å². The first-order chi connectivity index (χ1) is 8.11. The summed E-state index contributed by atoms with van der Waals surface area (Å²) >= 11 is 0. The summed E-state index contributed by atoms with van der Waals surface area (Å²) in [5.74, 6) is -0.771. The molecule has 2 N–H and O–H groups in total. The largest absolute Gasteiger partial charge is 0.462 e. The summed E-state index contributed by atoms with van der Waals surface area (Å²) in [6.45, 7) is 0. The molecule has 1 fully saturated rings. The summed E-state index contributed by atoms with van der Waals surface area (Å²) in [5.41, 5.74) is 0.549. The van der Waals surface area contributed by atoms with Crippen molar-refractivity contribution in [2.45, 2.75) is 37.6 Å². The van der Waals surface area contributed by atoms with Crippen LogP contribution in [-0.4, -0.2) is 22.1 Å². The van der Waals surface area contributed by atoms with Crippen molar-refractivity contribution in [1.29, 1.82) is 5.26 Å². The average Bonchev–Trinajstić information content (AvgIpc) is 2.29. The summed E-state index contributed by atoms with van der Waals surface area (Å²) in [5, 5.41) is 28.4. The van der Waals surface area contributed by atoms with E-state index in [4.69, 9.17) is 10.00 Å². The van der Waals surface area contributed by atoms with Crippen molar-refractivity contribution < 1.29 is 14.9 Å². The predicted octanol–water partition coefficient (Wildman–Crippen LogP) is 1.56. The first-order valence-corrected chi connectivity index (χ1v) is 5.71. The van der Waals surface area contributed by atoms with Crippen LogP contribution < -0.4 is 4.74 Å². The average molecular weight is 233 g/mol. The molecule has 0 heterocycles. The third-order valence-corrected chi connectivity index (χ3v) is 2.95. The Bertz CT molecular complexity index is 423. The second-order valence-electron chi connectivity index (χ2n) is 4.43. The molecule has 2 rings (SSSR count). The van der Waals surface area contributed by atoms with Crippen molar-refractivity contribution in [2.24, 2.45) is 0 Å². The second-order valence-corrected chi connectivity index (χ2v) is 4.43. The first kappa shape index (κ1) is 11.9. The van der Waals surface area contributed by atoms with Gasteiger partial charge in [0.15, 0.2) is 0 Å². The van der Waals surface area contributed by atoms with Crippen LogP contribution in [0.4, 0.5) is 0 Å². The van der Waals surface area contributed by atoms with Crippen molar-refractivity contribution in [3.05, 3.63) is 29.8 Å². The normalized spacial score (nSPS) is 28.4. The van der Waals surface area contributed by atoms with Crippen LogP contribution in [0.2, 0.25) is 0 Å². The lowest BCUT2D eigenvalue weighted by atomic mass is 9.92. The standard InChI is InChI=1S/C13H15NO3/c14-9-10-3-5-12(6-4-10)17-13(16)7-1-2-11(15)8-13/h3-6,11,15-16H,1-2,7-8H2. The quantitative estimate of drug-likeness (QED) is 0.760. The molecule has 90 valence electrons. The van der Waals surface area contributed by atoms with E-state index in [0.29, 0.717) is 24.2 Å². The fourth-order valence-corrected chi connectivity index (χ4v) is 2.10. The van der Waals surface area contributed by atoms with Gasteiger partial charge in [0, 0.05) is 12.8 Å². The van der Waals surface area contributed by atoms with Crippen molar-refractivity contribution in [2.75, 3.05) is 0 Å². The van der Waals surface area contributed by atoms with E-state index in [1.807, 2.05) is 6.07 Å². The second kappa shape index (κ2) is 4.74. The molecule has 0 radical (unpaired) electrons. The number of nitriles is 1. The zero-order chi connectivity index (χ0) is 12.3. The molecular formula is C13H15NO3. The van der Waals surface area contributed by atoms with Crippen molar-refractivity contribution in [1.82, 2.24) is 0 Å². The van der Waals surface area contributed by atoms with Crippen molar-refractivity contribution in [3.8, 4) is 11.8 Å². The van der Waals surface area contributed by atoms with Gasteiger partial charge in [-0.15, -0.1) is 0 Å². The van der Waals surface area contributed by atoms with E-state index in [2.05, 4.69) is 0 Å². The summed E-state index contributed by atoms with van der Waals surface area (Å²) in [6, 6.07) is 8.59. The molecule has 1 aliphatic rings. The molecule has 0 spiro atoms. The number of hydrogen-bond acceptors (Lipinski definition) is 4. The van der Waals surface area contributed by atoms with E-state index < -0.39 is 11.9 Å². The first-order valence-electron chi connectivity index (χ1n) is 5.71. The van der Waals surface area contributed by atoms with Gasteiger partial charge in [0.25, 0.3) is 0 Å². The monoisotopic (exact) mass is 233 g/mol. The zero-order valence-corrected chi connectivity index (χ0v) is 9.47. The van der Waals surface area contributed by atoms with Gasteiger partial charge in [-0.2, -0.15) is 5.26 Å². The Kier molecular flexibility index (Phi) is 3.32. The molecule has 0 aliphatic heterocycles. The molecule has 2 atom stereocenters. The molecule has 1 aliphatic carbocycles. The highest BCUT2D eigenvalue weighted by Gasteiger charge is 2.35. The Hall–Kier alpha value is -1.57. The van der Waals surface area contributed by atoms with Crippen LogP contribution in [0.3, 0.4) is 0 Å². The highest BCUT2D eigenvalue weighted by Crippen LogP contribution is 2.31. The van der Waals surface area contributed by atoms with Gasteiger partial charge < -0.3 is 14.9 Å². The Morgan fingerprint density at radius 1 is 1.35 bits per heavy atom. The number of ether oxygens (including phenoxy) is 1. The minimum absolute atomic E-state index is 0.229.